The van der Waals surface area contributed by atoms with Crippen LogP contribution in [0.2, 0.25) is 0 Å². The molecular formula is C14H23NO2. The third kappa shape index (κ3) is 4.27. The summed E-state index contributed by atoms with van der Waals surface area (Å²) in [4.78, 5) is 0. The number of rotatable bonds is 5. The van der Waals surface area contributed by atoms with E-state index < -0.39 is 5.60 Å². The van der Waals surface area contributed by atoms with Crippen molar-refractivity contribution in [1.82, 2.24) is 0 Å². The Morgan fingerprint density at radius 2 is 2.00 bits per heavy atom. The van der Waals surface area contributed by atoms with Crippen LogP contribution < -0.4 is 10.1 Å². The smallest absolute Gasteiger partial charge is 0.141 e. The first-order chi connectivity index (χ1) is 7.83. The van der Waals surface area contributed by atoms with Crippen molar-refractivity contribution < 1.29 is 9.84 Å². The van der Waals surface area contributed by atoms with Gasteiger partial charge in [-0.25, -0.2) is 0 Å². The molecule has 3 nitrogen and oxygen atoms in total. The van der Waals surface area contributed by atoms with Crippen molar-refractivity contribution in [3.63, 3.8) is 0 Å². The maximum atomic E-state index is 9.72. The molecule has 0 spiro atoms. The summed E-state index contributed by atoms with van der Waals surface area (Å²) in [7, 11) is 1.65. The Morgan fingerprint density at radius 1 is 1.35 bits per heavy atom. The minimum Gasteiger partial charge on any atom is -0.495 e. The third-order valence-electron chi connectivity index (χ3n) is 2.60. The van der Waals surface area contributed by atoms with Gasteiger partial charge in [0, 0.05) is 6.54 Å². The molecule has 1 aromatic rings. The molecule has 0 saturated heterocycles. The van der Waals surface area contributed by atoms with Crippen molar-refractivity contribution in [2.45, 2.75) is 39.2 Å². The fourth-order valence-electron chi connectivity index (χ4n) is 1.53. The van der Waals surface area contributed by atoms with E-state index in [1.54, 1.807) is 21.0 Å². The van der Waals surface area contributed by atoms with E-state index in [9.17, 15) is 5.11 Å². The first-order valence-electron chi connectivity index (χ1n) is 5.97. The van der Waals surface area contributed by atoms with Crippen LogP contribution in [0.1, 0.15) is 39.2 Å². The lowest BCUT2D eigenvalue weighted by Crippen LogP contribution is -2.29. The van der Waals surface area contributed by atoms with Crippen LogP contribution in [-0.2, 0) is 0 Å². The van der Waals surface area contributed by atoms with E-state index in [1.807, 2.05) is 6.07 Å². The van der Waals surface area contributed by atoms with E-state index >= 15 is 0 Å². The number of ether oxygens (including phenoxy) is 1. The zero-order valence-electron chi connectivity index (χ0n) is 11.4. The van der Waals surface area contributed by atoms with E-state index in [2.05, 4.69) is 31.3 Å². The van der Waals surface area contributed by atoms with E-state index in [4.69, 9.17) is 4.74 Å². The first-order valence-corrected chi connectivity index (χ1v) is 5.97. The van der Waals surface area contributed by atoms with Gasteiger partial charge in [-0.05, 0) is 37.5 Å². The summed E-state index contributed by atoms with van der Waals surface area (Å²) < 4.78 is 5.30. The molecule has 2 N–H and O–H groups in total. The number of nitrogens with one attached hydrogen (secondary N) is 1. The molecule has 0 bridgehead atoms. The molecule has 0 amide bonds. The Morgan fingerprint density at radius 3 is 2.47 bits per heavy atom. The minimum atomic E-state index is -0.737. The highest BCUT2D eigenvalue weighted by Crippen LogP contribution is 2.28. The SMILES string of the molecule is COc1ccc(C(C)C)cc1NCC(C)(C)O. The topological polar surface area (TPSA) is 41.5 Å². The minimum absolute atomic E-state index is 0.476. The molecule has 0 fully saturated rings. The van der Waals surface area contributed by atoms with Crippen LogP contribution >= 0.6 is 0 Å². The average Bonchev–Trinajstić information content (AvgIpc) is 2.24. The van der Waals surface area contributed by atoms with Crippen LogP contribution in [0.5, 0.6) is 5.75 Å². The normalized spacial score (nSPS) is 11.7. The molecule has 0 unspecified atom stereocenters. The van der Waals surface area contributed by atoms with Gasteiger partial charge in [-0.3, -0.25) is 0 Å². The Kier molecular flexibility index (Phi) is 4.40. The molecule has 0 aliphatic rings. The van der Waals surface area contributed by atoms with Crippen LogP contribution in [0.3, 0.4) is 0 Å². The maximum absolute atomic E-state index is 9.72. The lowest BCUT2D eigenvalue weighted by Gasteiger charge is -2.20. The Labute approximate surface area is 104 Å². The molecule has 0 aromatic heterocycles. The molecule has 96 valence electrons. The molecular weight excluding hydrogens is 214 g/mol. The van der Waals surface area contributed by atoms with E-state index in [1.165, 1.54) is 5.56 Å². The number of hydrogen-bond acceptors (Lipinski definition) is 3. The molecule has 17 heavy (non-hydrogen) atoms. The molecule has 0 saturated carbocycles. The van der Waals surface area contributed by atoms with Gasteiger partial charge in [0.15, 0.2) is 0 Å². The van der Waals surface area contributed by atoms with Gasteiger partial charge in [0.2, 0.25) is 0 Å². The summed E-state index contributed by atoms with van der Waals surface area (Å²) in [6.45, 7) is 8.35. The van der Waals surface area contributed by atoms with Gasteiger partial charge in [0.05, 0.1) is 18.4 Å². The zero-order valence-corrected chi connectivity index (χ0v) is 11.4. The van der Waals surface area contributed by atoms with Crippen molar-refractivity contribution in [3.05, 3.63) is 23.8 Å². The van der Waals surface area contributed by atoms with Gasteiger partial charge in [0.25, 0.3) is 0 Å². The number of anilines is 1. The van der Waals surface area contributed by atoms with E-state index in [0.717, 1.165) is 11.4 Å². The fourth-order valence-corrected chi connectivity index (χ4v) is 1.53. The van der Waals surface area contributed by atoms with Crippen molar-refractivity contribution >= 4 is 5.69 Å². The molecule has 0 radical (unpaired) electrons. The average molecular weight is 237 g/mol. The number of methoxy groups -OCH3 is 1. The van der Waals surface area contributed by atoms with Gasteiger partial charge in [0.1, 0.15) is 5.75 Å². The monoisotopic (exact) mass is 237 g/mol. The summed E-state index contributed by atoms with van der Waals surface area (Å²) >= 11 is 0. The third-order valence-corrected chi connectivity index (χ3v) is 2.60. The lowest BCUT2D eigenvalue weighted by atomic mass is 10.0. The fraction of sp³-hybridized carbons (Fsp3) is 0.571. The molecule has 1 aromatic carbocycles. The number of hydrogen-bond donors (Lipinski definition) is 2. The molecule has 1 rings (SSSR count). The maximum Gasteiger partial charge on any atom is 0.141 e. The highest BCUT2D eigenvalue weighted by Gasteiger charge is 2.14. The summed E-state index contributed by atoms with van der Waals surface area (Å²) in [5.41, 5.74) is 1.45. The van der Waals surface area contributed by atoms with Gasteiger partial charge < -0.3 is 15.2 Å². The van der Waals surface area contributed by atoms with Crippen LogP contribution in [0, 0.1) is 0 Å². The predicted octanol–water partition coefficient (Wildman–Crippen LogP) is 3.00. The molecule has 3 heteroatoms. The van der Waals surface area contributed by atoms with Gasteiger partial charge in [-0.2, -0.15) is 0 Å². The summed E-state index contributed by atoms with van der Waals surface area (Å²) in [6, 6.07) is 6.11. The lowest BCUT2D eigenvalue weighted by molar-refractivity contribution is 0.0945. The second kappa shape index (κ2) is 5.41. The van der Waals surface area contributed by atoms with E-state index in [-0.39, 0.29) is 0 Å². The largest absolute Gasteiger partial charge is 0.495 e. The van der Waals surface area contributed by atoms with Gasteiger partial charge >= 0.3 is 0 Å². The second-order valence-electron chi connectivity index (χ2n) is 5.28. The Hall–Kier alpha value is -1.22. The van der Waals surface area contributed by atoms with Crippen LogP contribution in [0.15, 0.2) is 18.2 Å². The molecule has 0 aliphatic heterocycles. The van der Waals surface area contributed by atoms with Crippen molar-refractivity contribution in [3.8, 4) is 5.75 Å². The summed E-state index contributed by atoms with van der Waals surface area (Å²) in [5, 5.41) is 12.9. The second-order valence-corrected chi connectivity index (χ2v) is 5.28. The van der Waals surface area contributed by atoms with Crippen LogP contribution in [-0.4, -0.2) is 24.4 Å². The molecule has 0 atom stereocenters. The highest BCUT2D eigenvalue weighted by molar-refractivity contribution is 5.58. The highest BCUT2D eigenvalue weighted by atomic mass is 16.5. The number of benzene rings is 1. The quantitative estimate of drug-likeness (QED) is 0.827. The van der Waals surface area contributed by atoms with Gasteiger partial charge in [-0.1, -0.05) is 19.9 Å². The van der Waals surface area contributed by atoms with Crippen molar-refractivity contribution in [2.24, 2.45) is 0 Å². The summed E-state index contributed by atoms with van der Waals surface area (Å²) in [6.07, 6.45) is 0. The van der Waals surface area contributed by atoms with E-state index in [0.29, 0.717) is 12.5 Å². The first kappa shape index (κ1) is 13.8. The van der Waals surface area contributed by atoms with Crippen molar-refractivity contribution in [1.29, 1.82) is 0 Å². The van der Waals surface area contributed by atoms with Crippen LogP contribution in [0.4, 0.5) is 5.69 Å². The predicted molar refractivity (Wildman–Crippen MR) is 71.9 cm³/mol. The van der Waals surface area contributed by atoms with Gasteiger partial charge in [-0.15, -0.1) is 0 Å². The molecule has 0 aliphatic carbocycles. The zero-order chi connectivity index (χ0) is 13.1. The summed E-state index contributed by atoms with van der Waals surface area (Å²) in [5.74, 6) is 1.28. The van der Waals surface area contributed by atoms with Crippen LogP contribution in [0.25, 0.3) is 0 Å². The standard InChI is InChI=1S/C14H23NO2/c1-10(2)11-6-7-13(17-5)12(8-11)15-9-14(3,4)16/h6-8,10,15-16H,9H2,1-5H3. The number of aliphatic hydroxyl groups is 1. The molecule has 0 heterocycles. The Bertz CT molecular complexity index is 367. The van der Waals surface area contributed by atoms with Crippen molar-refractivity contribution in [2.75, 3.05) is 19.0 Å². The Balaban J connectivity index is 2.90.